The van der Waals surface area contributed by atoms with Gasteiger partial charge in [-0.2, -0.15) is 5.26 Å². The number of aromatic amines is 1. The lowest BCUT2D eigenvalue weighted by Gasteiger charge is -2.13. The number of carbonyl (C=O) groups is 1. The highest BCUT2D eigenvalue weighted by Crippen LogP contribution is 2.31. The summed E-state index contributed by atoms with van der Waals surface area (Å²) in [7, 11) is 0. The first-order valence-corrected chi connectivity index (χ1v) is 10.6. The molecule has 0 aliphatic carbocycles. The van der Waals surface area contributed by atoms with Crippen LogP contribution in [0.3, 0.4) is 0 Å². The highest BCUT2D eigenvalue weighted by molar-refractivity contribution is 6.05. The van der Waals surface area contributed by atoms with E-state index in [-0.39, 0.29) is 17.7 Å². The topological polar surface area (TPSA) is 132 Å². The molecule has 10 heteroatoms. The van der Waals surface area contributed by atoms with E-state index in [0.29, 0.717) is 33.9 Å². The summed E-state index contributed by atoms with van der Waals surface area (Å²) in [5.74, 6) is -0.629. The van der Waals surface area contributed by atoms with E-state index in [4.69, 9.17) is 5.26 Å². The molecule has 0 spiro atoms. The Kier molecular flexibility index (Phi) is 5.80. The van der Waals surface area contributed by atoms with Gasteiger partial charge in [0.25, 0.3) is 5.91 Å². The Morgan fingerprint density at radius 2 is 1.97 bits per heavy atom. The minimum Gasteiger partial charge on any atom is -0.337 e. The van der Waals surface area contributed by atoms with E-state index in [9.17, 15) is 9.18 Å². The minimum absolute atomic E-state index is 0.0724. The number of anilines is 3. The van der Waals surface area contributed by atoms with Crippen LogP contribution in [-0.2, 0) is 6.42 Å². The van der Waals surface area contributed by atoms with Crippen molar-refractivity contribution in [1.82, 2.24) is 24.9 Å². The van der Waals surface area contributed by atoms with E-state index in [1.54, 1.807) is 42.6 Å². The minimum atomic E-state index is -0.554. The molecule has 0 unspecified atom stereocenters. The maximum absolute atomic E-state index is 14.7. The quantitative estimate of drug-likeness (QED) is 0.334. The summed E-state index contributed by atoms with van der Waals surface area (Å²) in [6.07, 6.45) is 4.73. The van der Waals surface area contributed by atoms with Crippen LogP contribution in [0.25, 0.3) is 22.4 Å². The van der Waals surface area contributed by atoms with Crippen molar-refractivity contribution in [1.29, 1.82) is 5.26 Å². The van der Waals surface area contributed by atoms with Crippen molar-refractivity contribution in [3.8, 4) is 17.3 Å². The molecule has 35 heavy (non-hydrogen) atoms. The number of imidazole rings is 1. The fraction of sp³-hybridized carbons (Fsp3) is 0.0400. The molecule has 0 aliphatic rings. The Morgan fingerprint density at radius 1 is 1.06 bits per heavy atom. The summed E-state index contributed by atoms with van der Waals surface area (Å²) >= 11 is 0. The summed E-state index contributed by atoms with van der Waals surface area (Å²) in [6, 6.07) is 16.6. The van der Waals surface area contributed by atoms with E-state index in [1.807, 2.05) is 0 Å². The zero-order valence-corrected chi connectivity index (χ0v) is 18.2. The summed E-state index contributed by atoms with van der Waals surface area (Å²) in [5.41, 5.74) is 3.88. The predicted molar refractivity (Wildman–Crippen MR) is 128 cm³/mol. The maximum Gasteiger partial charge on any atom is 0.255 e. The number of nitrogens with zero attached hydrogens (tertiary/aromatic N) is 5. The molecule has 0 bridgehead atoms. The number of H-pyrrole nitrogens is 1. The van der Waals surface area contributed by atoms with Gasteiger partial charge < -0.3 is 15.6 Å². The fourth-order valence-electron chi connectivity index (χ4n) is 3.60. The van der Waals surface area contributed by atoms with Crippen LogP contribution in [0, 0.1) is 17.1 Å². The van der Waals surface area contributed by atoms with Crippen LogP contribution in [0.5, 0.6) is 0 Å². The Morgan fingerprint density at radius 3 is 2.86 bits per heavy atom. The molecule has 0 saturated carbocycles. The third kappa shape index (κ3) is 4.51. The molecule has 5 rings (SSSR count). The third-order valence-corrected chi connectivity index (χ3v) is 5.23. The number of nitrogens with one attached hydrogen (secondary N) is 3. The third-order valence-electron chi connectivity index (χ3n) is 5.23. The highest BCUT2D eigenvalue weighted by Gasteiger charge is 2.16. The number of hydrogen-bond acceptors (Lipinski definition) is 7. The molecule has 0 atom stereocenters. The monoisotopic (exact) mass is 464 g/mol. The normalized spacial score (nSPS) is 10.6. The van der Waals surface area contributed by atoms with Gasteiger partial charge in [-0.25, -0.2) is 24.3 Å². The van der Waals surface area contributed by atoms with Gasteiger partial charge in [0, 0.05) is 23.0 Å². The average Bonchev–Trinajstić information content (AvgIpc) is 3.35. The molecule has 3 heterocycles. The number of carbonyl (C=O) groups excluding carboxylic acids is 1. The van der Waals surface area contributed by atoms with Crippen LogP contribution >= 0.6 is 0 Å². The lowest BCUT2D eigenvalue weighted by molar-refractivity contribution is 0.102. The number of pyridine rings is 1. The molecule has 170 valence electrons. The second kappa shape index (κ2) is 9.36. The van der Waals surface area contributed by atoms with E-state index >= 15 is 0 Å². The molecule has 0 saturated heterocycles. The Labute approximate surface area is 198 Å². The van der Waals surface area contributed by atoms with Gasteiger partial charge in [0.2, 0.25) is 0 Å². The first kappa shape index (κ1) is 21.7. The Hall–Kier alpha value is -5.17. The van der Waals surface area contributed by atoms with E-state index in [1.165, 1.54) is 30.9 Å². The van der Waals surface area contributed by atoms with Gasteiger partial charge >= 0.3 is 0 Å². The molecule has 0 aliphatic heterocycles. The average molecular weight is 464 g/mol. The largest absolute Gasteiger partial charge is 0.337 e. The molecule has 5 aromatic rings. The molecular weight excluding hydrogens is 447 g/mol. The molecule has 1 amide bonds. The van der Waals surface area contributed by atoms with Crippen LogP contribution < -0.4 is 10.6 Å². The Balaban J connectivity index is 1.44. The number of halogens is 1. The summed E-state index contributed by atoms with van der Waals surface area (Å²) < 4.78 is 14.7. The fourth-order valence-corrected chi connectivity index (χ4v) is 3.60. The summed E-state index contributed by atoms with van der Waals surface area (Å²) in [4.78, 5) is 32.9. The number of hydrogen-bond donors (Lipinski definition) is 3. The standard InChI is InChI=1S/C25H17FN8O/c26-19-7-6-16(25(35)33-17-4-1-3-15(11-17)8-9-27)12-20(19)34-23-18(5-2-10-28-23)21-22-24(31-13-29-21)32-14-30-22/h1-7,10-14H,8H2,(H,28,34)(H,33,35)(H,29,30,31,32). The lowest BCUT2D eigenvalue weighted by Crippen LogP contribution is -2.12. The van der Waals surface area contributed by atoms with Crippen LogP contribution in [0.1, 0.15) is 15.9 Å². The van der Waals surface area contributed by atoms with E-state index in [0.717, 1.165) is 5.56 Å². The first-order chi connectivity index (χ1) is 17.1. The number of fused-ring (bicyclic) bond motifs is 1. The van der Waals surface area contributed by atoms with Crippen molar-refractivity contribution >= 4 is 34.3 Å². The molecule has 3 aromatic heterocycles. The zero-order valence-electron chi connectivity index (χ0n) is 18.2. The number of nitriles is 1. The lowest BCUT2D eigenvalue weighted by atomic mass is 10.1. The smallest absolute Gasteiger partial charge is 0.255 e. The molecule has 3 N–H and O–H groups in total. The van der Waals surface area contributed by atoms with Crippen molar-refractivity contribution in [2.75, 3.05) is 10.6 Å². The van der Waals surface area contributed by atoms with E-state index in [2.05, 4.69) is 41.6 Å². The van der Waals surface area contributed by atoms with Crippen LogP contribution in [-0.4, -0.2) is 30.8 Å². The molecular formula is C25H17FN8O. The first-order valence-electron chi connectivity index (χ1n) is 10.6. The van der Waals surface area contributed by atoms with Crippen LogP contribution in [0.4, 0.5) is 21.6 Å². The summed E-state index contributed by atoms with van der Waals surface area (Å²) in [6.45, 7) is 0. The van der Waals surface area contributed by atoms with Gasteiger partial charge in [0.15, 0.2) is 5.65 Å². The summed E-state index contributed by atoms with van der Waals surface area (Å²) in [5, 5.41) is 14.6. The molecule has 9 nitrogen and oxygen atoms in total. The molecule has 0 fully saturated rings. The van der Waals surface area contributed by atoms with Gasteiger partial charge in [0.1, 0.15) is 29.2 Å². The van der Waals surface area contributed by atoms with Crippen molar-refractivity contribution in [2.24, 2.45) is 0 Å². The van der Waals surface area contributed by atoms with Gasteiger partial charge in [0.05, 0.1) is 24.5 Å². The predicted octanol–water partition coefficient (Wildman–Crippen LogP) is 4.62. The second-order valence-electron chi connectivity index (χ2n) is 7.53. The maximum atomic E-state index is 14.7. The van der Waals surface area contributed by atoms with E-state index < -0.39 is 11.7 Å². The zero-order chi connectivity index (χ0) is 24.2. The van der Waals surface area contributed by atoms with Crippen molar-refractivity contribution in [3.63, 3.8) is 0 Å². The number of rotatable bonds is 6. The van der Waals surface area contributed by atoms with Crippen LogP contribution in [0.2, 0.25) is 0 Å². The van der Waals surface area contributed by atoms with Gasteiger partial charge in [-0.3, -0.25) is 4.79 Å². The number of aromatic nitrogens is 5. The molecule has 2 aromatic carbocycles. The second-order valence-corrected chi connectivity index (χ2v) is 7.53. The SMILES string of the molecule is N#CCc1cccc(NC(=O)c2ccc(F)c(Nc3ncccc3-c3ncnc4[nH]cnc34)c2)c1. The molecule has 0 radical (unpaired) electrons. The Bertz CT molecular complexity index is 1590. The van der Waals surface area contributed by atoms with Crippen molar-refractivity contribution in [3.05, 3.63) is 90.4 Å². The van der Waals surface area contributed by atoms with Gasteiger partial charge in [-0.1, -0.05) is 12.1 Å². The van der Waals surface area contributed by atoms with Crippen molar-refractivity contribution in [2.45, 2.75) is 6.42 Å². The van der Waals surface area contributed by atoms with Crippen molar-refractivity contribution < 1.29 is 9.18 Å². The number of benzene rings is 2. The van der Waals surface area contributed by atoms with Gasteiger partial charge in [-0.05, 0) is 48.0 Å². The van der Waals surface area contributed by atoms with Crippen LogP contribution in [0.15, 0.2) is 73.4 Å². The van der Waals surface area contributed by atoms with Gasteiger partial charge in [-0.15, -0.1) is 0 Å². The highest BCUT2D eigenvalue weighted by atomic mass is 19.1. The number of amides is 1.